The largest absolute Gasteiger partial charge is 0.444 e. The van der Waals surface area contributed by atoms with Crippen molar-refractivity contribution < 1.29 is 23.9 Å². The molecular weight excluding hydrogens is 590 g/mol. The van der Waals surface area contributed by atoms with E-state index in [0.717, 1.165) is 38.5 Å². The van der Waals surface area contributed by atoms with Crippen LogP contribution < -0.4 is 16.0 Å². The predicted molar refractivity (Wildman–Crippen MR) is 197 cm³/mol. The van der Waals surface area contributed by atoms with E-state index in [0.29, 0.717) is 25.8 Å². The van der Waals surface area contributed by atoms with Crippen molar-refractivity contribution in [2.75, 3.05) is 6.54 Å². The van der Waals surface area contributed by atoms with Crippen LogP contribution in [-0.4, -0.2) is 47.9 Å². The first-order chi connectivity index (χ1) is 22.3. The van der Waals surface area contributed by atoms with Crippen molar-refractivity contribution in [1.29, 1.82) is 0 Å². The van der Waals surface area contributed by atoms with Gasteiger partial charge in [0.05, 0.1) is 0 Å². The minimum absolute atomic E-state index is 0.0828. The Labute approximate surface area is 289 Å². The van der Waals surface area contributed by atoms with Gasteiger partial charge in [-0.2, -0.15) is 0 Å². The SMILES string of the molecule is C=CCCCCCCCCCC(CCCCCCCCCC=C)NC(=O)[C@H](CCCCNC(=O)OC(C)(C)C)NC(=O)OC(C)(C)C. The molecule has 0 radical (unpaired) electrons. The van der Waals surface area contributed by atoms with Crippen LogP contribution in [0.2, 0.25) is 0 Å². The number of alkyl carbamates (subject to hydrolysis) is 2. The molecule has 8 heteroatoms. The van der Waals surface area contributed by atoms with Gasteiger partial charge < -0.3 is 25.4 Å². The predicted octanol–water partition coefficient (Wildman–Crippen LogP) is 10.5. The zero-order valence-electron chi connectivity index (χ0n) is 31.3. The number of rotatable bonds is 28. The smallest absolute Gasteiger partial charge is 0.408 e. The van der Waals surface area contributed by atoms with Gasteiger partial charge in [-0.1, -0.05) is 89.2 Å². The van der Waals surface area contributed by atoms with E-state index in [1.807, 2.05) is 53.7 Å². The molecule has 0 aliphatic carbocycles. The maximum Gasteiger partial charge on any atom is 0.408 e. The number of carbonyl (C=O) groups is 3. The second kappa shape index (κ2) is 27.4. The first-order valence-electron chi connectivity index (χ1n) is 18.8. The second-order valence-electron chi connectivity index (χ2n) is 15.0. The molecule has 0 saturated carbocycles. The van der Waals surface area contributed by atoms with E-state index in [2.05, 4.69) is 29.1 Å². The number of amides is 3. The van der Waals surface area contributed by atoms with Crippen LogP contribution in [0.5, 0.6) is 0 Å². The molecule has 1 atom stereocenters. The van der Waals surface area contributed by atoms with Crippen molar-refractivity contribution in [2.45, 2.75) is 200 Å². The molecule has 0 aromatic heterocycles. The van der Waals surface area contributed by atoms with Crippen molar-refractivity contribution in [2.24, 2.45) is 0 Å². The highest BCUT2D eigenvalue weighted by molar-refractivity contribution is 5.85. The molecule has 0 heterocycles. The van der Waals surface area contributed by atoms with Crippen LogP contribution in [0.1, 0.15) is 176 Å². The lowest BCUT2D eigenvalue weighted by Gasteiger charge is -2.26. The third-order valence-corrected chi connectivity index (χ3v) is 7.86. The Morgan fingerprint density at radius 3 is 1.40 bits per heavy atom. The highest BCUT2D eigenvalue weighted by Gasteiger charge is 2.26. The number of carbonyl (C=O) groups excluding carboxylic acids is 3. The van der Waals surface area contributed by atoms with Crippen molar-refractivity contribution in [3.05, 3.63) is 25.3 Å². The molecule has 0 aromatic rings. The Balaban J connectivity index is 5.09. The number of ether oxygens (including phenoxy) is 2. The molecule has 3 N–H and O–H groups in total. The van der Waals surface area contributed by atoms with Crippen molar-refractivity contribution >= 4 is 18.1 Å². The maximum atomic E-state index is 13.6. The van der Waals surface area contributed by atoms with Crippen molar-refractivity contribution in [3.8, 4) is 0 Å². The molecule has 0 rings (SSSR count). The second-order valence-corrected chi connectivity index (χ2v) is 15.0. The Morgan fingerprint density at radius 2 is 0.957 bits per heavy atom. The summed E-state index contributed by atoms with van der Waals surface area (Å²) in [4.78, 5) is 38.3. The molecule has 0 unspecified atom stereocenters. The van der Waals surface area contributed by atoms with Gasteiger partial charge in [0.15, 0.2) is 0 Å². The molecule has 0 aliphatic rings. The van der Waals surface area contributed by atoms with E-state index in [1.165, 1.54) is 77.0 Å². The van der Waals surface area contributed by atoms with Gasteiger partial charge in [0.2, 0.25) is 5.91 Å². The summed E-state index contributed by atoms with van der Waals surface area (Å²) in [5.74, 6) is -0.162. The number of hydrogen-bond acceptors (Lipinski definition) is 5. The molecular formula is C39H73N3O5. The Hall–Kier alpha value is -2.51. The highest BCUT2D eigenvalue weighted by Crippen LogP contribution is 2.17. The summed E-state index contributed by atoms with van der Waals surface area (Å²) in [6.45, 7) is 18.9. The average molecular weight is 664 g/mol. The molecule has 8 nitrogen and oxygen atoms in total. The summed E-state index contributed by atoms with van der Waals surface area (Å²) in [7, 11) is 0. The van der Waals surface area contributed by atoms with Crippen LogP contribution in [0.15, 0.2) is 25.3 Å². The summed E-state index contributed by atoms with van der Waals surface area (Å²) in [5, 5.41) is 8.89. The summed E-state index contributed by atoms with van der Waals surface area (Å²) in [6, 6.07) is -0.625. The fraction of sp³-hybridized carbons (Fsp3) is 0.821. The van der Waals surface area contributed by atoms with Crippen LogP contribution in [-0.2, 0) is 14.3 Å². The third kappa shape index (κ3) is 30.6. The third-order valence-electron chi connectivity index (χ3n) is 7.86. The van der Waals surface area contributed by atoms with E-state index in [4.69, 9.17) is 9.47 Å². The van der Waals surface area contributed by atoms with E-state index >= 15 is 0 Å². The van der Waals surface area contributed by atoms with Crippen LogP contribution in [0.3, 0.4) is 0 Å². The minimum atomic E-state index is -0.708. The summed E-state index contributed by atoms with van der Waals surface area (Å²) < 4.78 is 10.8. The standard InChI is InChI=1S/C39H73N3O5/c1-9-11-13-15-17-19-21-23-25-29-33(30-26-24-22-20-18-16-14-12-10-2)41-35(43)34(42-37(45)47-39(6,7)8)31-27-28-32-40-36(44)46-38(3,4)5/h9-10,33-34H,1-2,11-32H2,3-8H3,(H,40,44)(H,41,43)(H,42,45)/t34-/m0/s1. The van der Waals surface area contributed by atoms with Gasteiger partial charge >= 0.3 is 12.2 Å². The van der Waals surface area contributed by atoms with Gasteiger partial charge in [0, 0.05) is 12.6 Å². The molecule has 0 aromatic carbocycles. The molecule has 0 aliphatic heterocycles. The van der Waals surface area contributed by atoms with Crippen LogP contribution >= 0.6 is 0 Å². The number of unbranched alkanes of at least 4 members (excludes halogenated alkanes) is 15. The fourth-order valence-electron chi connectivity index (χ4n) is 5.41. The normalized spacial score (nSPS) is 12.3. The molecule has 0 saturated heterocycles. The number of hydrogen-bond donors (Lipinski definition) is 3. The quantitative estimate of drug-likeness (QED) is 0.0570. The topological polar surface area (TPSA) is 106 Å². The molecule has 47 heavy (non-hydrogen) atoms. The number of nitrogens with one attached hydrogen (secondary N) is 3. The van der Waals surface area contributed by atoms with E-state index in [-0.39, 0.29) is 11.9 Å². The molecule has 0 fully saturated rings. The van der Waals surface area contributed by atoms with Gasteiger partial charge in [-0.3, -0.25) is 4.79 Å². The minimum Gasteiger partial charge on any atom is -0.444 e. The Morgan fingerprint density at radius 1 is 0.553 bits per heavy atom. The van der Waals surface area contributed by atoms with E-state index < -0.39 is 29.4 Å². The van der Waals surface area contributed by atoms with Crippen LogP contribution in [0.25, 0.3) is 0 Å². The van der Waals surface area contributed by atoms with E-state index in [9.17, 15) is 14.4 Å². The Bertz CT molecular complexity index is 821. The molecule has 274 valence electrons. The monoisotopic (exact) mass is 664 g/mol. The first kappa shape index (κ1) is 44.5. The van der Waals surface area contributed by atoms with Gasteiger partial charge in [-0.15, -0.1) is 13.2 Å². The lowest BCUT2D eigenvalue weighted by molar-refractivity contribution is -0.124. The zero-order valence-corrected chi connectivity index (χ0v) is 31.3. The lowest BCUT2D eigenvalue weighted by atomic mass is 9.99. The molecule has 3 amide bonds. The zero-order chi connectivity index (χ0) is 35.4. The summed E-state index contributed by atoms with van der Waals surface area (Å²) in [6.07, 6.45) is 25.8. The van der Waals surface area contributed by atoms with Gasteiger partial charge in [0.1, 0.15) is 17.2 Å². The average Bonchev–Trinajstić information content (AvgIpc) is 2.96. The van der Waals surface area contributed by atoms with Crippen LogP contribution in [0, 0.1) is 0 Å². The summed E-state index contributed by atoms with van der Waals surface area (Å²) >= 11 is 0. The van der Waals surface area contributed by atoms with E-state index in [1.54, 1.807) is 0 Å². The fourth-order valence-corrected chi connectivity index (χ4v) is 5.41. The van der Waals surface area contributed by atoms with Crippen LogP contribution in [0.4, 0.5) is 9.59 Å². The van der Waals surface area contributed by atoms with Gasteiger partial charge in [-0.05, 0) is 99.3 Å². The van der Waals surface area contributed by atoms with Gasteiger partial charge in [0.25, 0.3) is 0 Å². The van der Waals surface area contributed by atoms with Gasteiger partial charge in [-0.25, -0.2) is 9.59 Å². The maximum absolute atomic E-state index is 13.6. The Kier molecular flexibility index (Phi) is 26.0. The highest BCUT2D eigenvalue weighted by atomic mass is 16.6. The molecule has 0 bridgehead atoms. The van der Waals surface area contributed by atoms with Crippen molar-refractivity contribution in [1.82, 2.24) is 16.0 Å². The number of allylic oxidation sites excluding steroid dienone is 2. The lowest BCUT2D eigenvalue weighted by Crippen LogP contribution is -2.50. The summed E-state index contributed by atoms with van der Waals surface area (Å²) in [5.41, 5.74) is -1.22. The van der Waals surface area contributed by atoms with Crippen molar-refractivity contribution in [3.63, 3.8) is 0 Å². The molecule has 0 spiro atoms. The first-order valence-corrected chi connectivity index (χ1v) is 18.8.